The summed E-state index contributed by atoms with van der Waals surface area (Å²) in [6.45, 7) is 0. The fourth-order valence-corrected chi connectivity index (χ4v) is 2.95. The number of hydrogen-bond acceptors (Lipinski definition) is 6. The van der Waals surface area contributed by atoms with Gasteiger partial charge in [-0.3, -0.25) is 19.3 Å². The topological polar surface area (TPSA) is 112 Å². The monoisotopic (exact) mass is 389 g/mol. The highest BCUT2D eigenvalue weighted by Crippen LogP contribution is 2.28. The minimum atomic E-state index is -0.591. The molecule has 2 aromatic carbocycles. The molecule has 0 radical (unpaired) electrons. The van der Waals surface area contributed by atoms with E-state index in [9.17, 15) is 14.9 Å². The zero-order valence-electron chi connectivity index (χ0n) is 15.3. The van der Waals surface area contributed by atoms with Crippen LogP contribution < -0.4 is 10.1 Å². The van der Waals surface area contributed by atoms with Crippen molar-refractivity contribution in [3.8, 4) is 17.1 Å². The molecule has 0 aliphatic carbocycles. The molecule has 0 bridgehead atoms. The summed E-state index contributed by atoms with van der Waals surface area (Å²) in [6.07, 6.45) is 1.85. The Hall–Kier alpha value is -4.27. The maximum absolute atomic E-state index is 12.6. The van der Waals surface area contributed by atoms with Gasteiger partial charge in [0.05, 0.1) is 12.0 Å². The van der Waals surface area contributed by atoms with E-state index in [0.717, 1.165) is 5.56 Å². The van der Waals surface area contributed by atoms with Crippen LogP contribution in [0.15, 0.2) is 66.9 Å². The Morgan fingerprint density at radius 2 is 1.97 bits per heavy atom. The molecule has 0 saturated heterocycles. The van der Waals surface area contributed by atoms with E-state index in [1.54, 1.807) is 18.2 Å². The number of nitrogens with zero attached hydrogens (tertiary/aromatic N) is 4. The van der Waals surface area contributed by atoms with Crippen molar-refractivity contribution >= 4 is 22.9 Å². The van der Waals surface area contributed by atoms with Crippen LogP contribution in [0.3, 0.4) is 0 Å². The molecular weight excluding hydrogens is 374 g/mol. The molecule has 0 aliphatic heterocycles. The van der Waals surface area contributed by atoms with Crippen molar-refractivity contribution < 1.29 is 14.5 Å². The predicted octanol–water partition coefficient (Wildman–Crippen LogP) is 3.57. The van der Waals surface area contributed by atoms with E-state index in [1.165, 1.54) is 25.3 Å². The second-order valence-electron chi connectivity index (χ2n) is 6.13. The molecule has 144 valence electrons. The second-order valence-corrected chi connectivity index (χ2v) is 6.13. The van der Waals surface area contributed by atoms with Crippen molar-refractivity contribution in [3.63, 3.8) is 0 Å². The Kier molecular flexibility index (Phi) is 4.62. The van der Waals surface area contributed by atoms with Crippen LogP contribution in [0.1, 0.15) is 10.4 Å². The number of ether oxygens (including phenoxy) is 1. The van der Waals surface area contributed by atoms with Crippen molar-refractivity contribution in [2.24, 2.45) is 0 Å². The number of pyridine rings is 1. The van der Waals surface area contributed by atoms with Crippen LogP contribution in [0.4, 0.5) is 11.4 Å². The van der Waals surface area contributed by atoms with Gasteiger partial charge in [0.25, 0.3) is 5.91 Å². The highest BCUT2D eigenvalue weighted by atomic mass is 16.6. The standard InChI is InChI=1S/C20H15N5O4/c1-29-17-9-8-14(12-16(17)25(27)28)20(26)21-15-6-4-5-13(11-15)19-23-22-18-7-2-3-10-24(18)19/h2-12H,1H3,(H,21,26). The molecule has 0 unspecified atom stereocenters. The lowest BCUT2D eigenvalue weighted by Crippen LogP contribution is -2.12. The van der Waals surface area contributed by atoms with Crippen LogP contribution in [-0.2, 0) is 0 Å². The van der Waals surface area contributed by atoms with E-state index in [2.05, 4.69) is 15.5 Å². The average Bonchev–Trinajstić information content (AvgIpc) is 3.17. The Balaban J connectivity index is 1.62. The predicted molar refractivity (Wildman–Crippen MR) is 106 cm³/mol. The summed E-state index contributed by atoms with van der Waals surface area (Å²) in [5.41, 5.74) is 1.88. The van der Waals surface area contributed by atoms with Gasteiger partial charge < -0.3 is 10.1 Å². The summed E-state index contributed by atoms with van der Waals surface area (Å²) in [7, 11) is 1.34. The van der Waals surface area contributed by atoms with E-state index in [1.807, 2.05) is 34.9 Å². The molecule has 0 aliphatic rings. The molecule has 9 nitrogen and oxygen atoms in total. The third-order valence-electron chi connectivity index (χ3n) is 4.33. The van der Waals surface area contributed by atoms with Crippen molar-refractivity contribution in [1.29, 1.82) is 0 Å². The van der Waals surface area contributed by atoms with E-state index < -0.39 is 10.8 Å². The number of rotatable bonds is 5. The number of nitro benzene ring substituents is 1. The van der Waals surface area contributed by atoms with Gasteiger partial charge in [0.15, 0.2) is 17.2 Å². The molecule has 1 N–H and O–H groups in total. The highest BCUT2D eigenvalue weighted by molar-refractivity contribution is 6.05. The minimum absolute atomic E-state index is 0.0900. The molecule has 9 heteroatoms. The van der Waals surface area contributed by atoms with Crippen LogP contribution in [0.5, 0.6) is 5.75 Å². The van der Waals surface area contributed by atoms with Crippen molar-refractivity contribution in [3.05, 3.63) is 82.5 Å². The molecular formula is C20H15N5O4. The Morgan fingerprint density at radius 1 is 1.10 bits per heavy atom. The van der Waals surface area contributed by atoms with Crippen molar-refractivity contribution in [2.75, 3.05) is 12.4 Å². The van der Waals surface area contributed by atoms with Crippen LogP contribution >= 0.6 is 0 Å². The fraction of sp³-hybridized carbons (Fsp3) is 0.0500. The third-order valence-corrected chi connectivity index (χ3v) is 4.33. The zero-order valence-corrected chi connectivity index (χ0v) is 15.3. The van der Waals surface area contributed by atoms with Gasteiger partial charge in [-0.1, -0.05) is 18.2 Å². The van der Waals surface area contributed by atoms with Crippen LogP contribution in [0.25, 0.3) is 17.0 Å². The summed E-state index contributed by atoms with van der Waals surface area (Å²) >= 11 is 0. The molecule has 1 amide bonds. The van der Waals surface area contributed by atoms with Crippen molar-refractivity contribution in [1.82, 2.24) is 14.6 Å². The van der Waals surface area contributed by atoms with Gasteiger partial charge in [0.2, 0.25) is 0 Å². The molecule has 0 fully saturated rings. The summed E-state index contributed by atoms with van der Waals surface area (Å²) in [5, 5.41) is 22.3. The number of anilines is 1. The lowest BCUT2D eigenvalue weighted by Gasteiger charge is -2.08. The largest absolute Gasteiger partial charge is 0.490 e. The van der Waals surface area contributed by atoms with E-state index >= 15 is 0 Å². The fourth-order valence-electron chi connectivity index (χ4n) is 2.95. The summed E-state index contributed by atoms with van der Waals surface area (Å²) in [6, 6.07) is 16.8. The summed E-state index contributed by atoms with van der Waals surface area (Å²) in [5.74, 6) is 0.253. The number of nitro groups is 1. The number of aromatic nitrogens is 3. The smallest absolute Gasteiger partial charge is 0.311 e. The number of carbonyl (C=O) groups is 1. The quantitative estimate of drug-likeness (QED) is 0.413. The molecule has 0 spiro atoms. The van der Waals surface area contributed by atoms with Crippen molar-refractivity contribution in [2.45, 2.75) is 0 Å². The number of nitrogens with one attached hydrogen (secondary N) is 1. The number of fused-ring (bicyclic) bond motifs is 1. The first-order valence-corrected chi connectivity index (χ1v) is 8.61. The first-order valence-electron chi connectivity index (χ1n) is 8.61. The molecule has 4 aromatic rings. The van der Waals surface area contributed by atoms with Gasteiger partial charge in [-0.15, -0.1) is 10.2 Å². The Bertz CT molecular complexity index is 1230. The van der Waals surface area contributed by atoms with Gasteiger partial charge in [-0.25, -0.2) is 0 Å². The molecule has 2 heterocycles. The van der Waals surface area contributed by atoms with Crippen LogP contribution in [0, 0.1) is 10.1 Å². The first kappa shape index (κ1) is 18.1. The second kappa shape index (κ2) is 7.39. The lowest BCUT2D eigenvalue weighted by molar-refractivity contribution is -0.385. The first-order chi connectivity index (χ1) is 14.1. The number of methoxy groups -OCH3 is 1. The number of hydrogen-bond donors (Lipinski definition) is 1. The molecule has 2 aromatic heterocycles. The summed E-state index contributed by atoms with van der Waals surface area (Å²) < 4.78 is 6.80. The lowest BCUT2D eigenvalue weighted by atomic mass is 10.1. The van der Waals surface area contributed by atoms with Gasteiger partial charge in [0, 0.05) is 29.1 Å². The maximum Gasteiger partial charge on any atom is 0.311 e. The van der Waals surface area contributed by atoms with Gasteiger partial charge in [0.1, 0.15) is 0 Å². The number of carbonyl (C=O) groups excluding carboxylic acids is 1. The van der Waals surface area contributed by atoms with Gasteiger partial charge in [-0.2, -0.15) is 0 Å². The van der Waals surface area contributed by atoms with E-state index in [-0.39, 0.29) is 17.0 Å². The number of benzene rings is 2. The third kappa shape index (κ3) is 3.48. The van der Waals surface area contributed by atoms with Crippen LogP contribution in [0.2, 0.25) is 0 Å². The van der Waals surface area contributed by atoms with Crippen LogP contribution in [-0.4, -0.2) is 32.5 Å². The Morgan fingerprint density at radius 3 is 2.76 bits per heavy atom. The zero-order chi connectivity index (χ0) is 20.4. The average molecular weight is 389 g/mol. The normalized spacial score (nSPS) is 10.7. The van der Waals surface area contributed by atoms with E-state index in [0.29, 0.717) is 17.2 Å². The highest BCUT2D eigenvalue weighted by Gasteiger charge is 2.18. The molecule has 29 heavy (non-hydrogen) atoms. The Labute approximate surface area is 164 Å². The maximum atomic E-state index is 12.6. The number of amides is 1. The molecule has 0 atom stereocenters. The van der Waals surface area contributed by atoms with Gasteiger partial charge in [-0.05, 0) is 36.4 Å². The van der Waals surface area contributed by atoms with E-state index in [4.69, 9.17) is 4.74 Å². The minimum Gasteiger partial charge on any atom is -0.490 e. The summed E-state index contributed by atoms with van der Waals surface area (Å²) in [4.78, 5) is 23.2. The molecule has 4 rings (SSSR count). The SMILES string of the molecule is COc1ccc(C(=O)Nc2cccc(-c3nnc4ccccn34)c2)cc1[N+](=O)[O-]. The van der Waals surface area contributed by atoms with Gasteiger partial charge >= 0.3 is 5.69 Å². The molecule has 0 saturated carbocycles.